The molecule has 0 radical (unpaired) electrons. The summed E-state index contributed by atoms with van der Waals surface area (Å²) >= 11 is 1.88. The van der Waals surface area contributed by atoms with E-state index in [2.05, 4.69) is 183 Å². The molecule has 1 spiro atoms. The lowest BCUT2D eigenvalue weighted by Crippen LogP contribution is -2.43. The Bertz CT molecular complexity index is 2880. The molecular weight excluding hydrogens is 645 g/mol. The second kappa shape index (κ2) is 10.7. The van der Waals surface area contributed by atoms with E-state index in [1.807, 2.05) is 17.4 Å². The van der Waals surface area contributed by atoms with Crippen molar-refractivity contribution >= 4 is 31.5 Å². The molecule has 52 heavy (non-hydrogen) atoms. The van der Waals surface area contributed by atoms with Crippen LogP contribution in [0.3, 0.4) is 0 Å². The minimum Gasteiger partial charge on any atom is -0.135 e. The maximum absolute atomic E-state index is 4.15. The van der Waals surface area contributed by atoms with Gasteiger partial charge in [-0.25, -0.2) is 0 Å². The van der Waals surface area contributed by atoms with Gasteiger partial charge in [0.25, 0.3) is 0 Å². The van der Waals surface area contributed by atoms with Gasteiger partial charge in [-0.2, -0.15) is 0 Å². The van der Waals surface area contributed by atoms with Crippen LogP contribution in [0.5, 0.6) is 0 Å². The van der Waals surface area contributed by atoms with Gasteiger partial charge < -0.3 is 0 Å². The SMILES string of the molecule is C=C/C=C\C1=C(C)C2(c3ccccc3-c3c(-c4ccc5sc6ccccc6c5c4)cccc32)c2cccc3c2C1(c1ccccc1)c1ccccc1-3. The third-order valence-electron chi connectivity index (χ3n) is 12.2. The molecule has 1 aromatic heterocycles. The second-order valence-electron chi connectivity index (χ2n) is 14.4. The van der Waals surface area contributed by atoms with E-state index in [9.17, 15) is 0 Å². The van der Waals surface area contributed by atoms with E-state index >= 15 is 0 Å². The van der Waals surface area contributed by atoms with E-state index < -0.39 is 10.8 Å². The Hall–Kier alpha value is -6.02. The van der Waals surface area contributed by atoms with Crippen molar-refractivity contribution in [2.45, 2.75) is 17.8 Å². The van der Waals surface area contributed by atoms with Crippen molar-refractivity contribution in [1.29, 1.82) is 0 Å². The van der Waals surface area contributed by atoms with Crippen LogP contribution in [0.4, 0.5) is 0 Å². The first-order valence-electron chi connectivity index (χ1n) is 18.1. The highest BCUT2D eigenvalue weighted by Crippen LogP contribution is 2.69. The van der Waals surface area contributed by atoms with E-state index in [-0.39, 0.29) is 0 Å². The number of rotatable bonds is 4. The van der Waals surface area contributed by atoms with Crippen LogP contribution in [0.1, 0.15) is 40.3 Å². The predicted octanol–water partition coefficient (Wildman–Crippen LogP) is 13.4. The van der Waals surface area contributed by atoms with E-state index in [1.54, 1.807) is 0 Å². The molecule has 0 bridgehead atoms. The van der Waals surface area contributed by atoms with E-state index in [0.717, 1.165) is 0 Å². The molecule has 8 aromatic rings. The molecule has 0 amide bonds. The summed E-state index contributed by atoms with van der Waals surface area (Å²) in [7, 11) is 0. The van der Waals surface area contributed by atoms with Crippen LogP contribution in [0.25, 0.3) is 53.6 Å². The van der Waals surface area contributed by atoms with Crippen LogP contribution in [0, 0.1) is 0 Å². The van der Waals surface area contributed by atoms with Crippen molar-refractivity contribution in [3.05, 3.63) is 227 Å². The molecule has 0 fully saturated rings. The van der Waals surface area contributed by atoms with Gasteiger partial charge in [0.2, 0.25) is 0 Å². The molecule has 3 aliphatic rings. The Morgan fingerprint density at radius 1 is 0.519 bits per heavy atom. The van der Waals surface area contributed by atoms with Crippen LogP contribution in [0.15, 0.2) is 194 Å². The van der Waals surface area contributed by atoms with Gasteiger partial charge in [0, 0.05) is 20.2 Å². The van der Waals surface area contributed by atoms with Crippen molar-refractivity contribution in [3.8, 4) is 33.4 Å². The highest BCUT2D eigenvalue weighted by atomic mass is 32.1. The normalized spacial score (nSPS) is 19.3. The van der Waals surface area contributed by atoms with Gasteiger partial charge in [0.05, 0.1) is 10.8 Å². The van der Waals surface area contributed by atoms with Crippen LogP contribution in [-0.4, -0.2) is 0 Å². The summed E-state index contributed by atoms with van der Waals surface area (Å²) in [5.41, 5.74) is 17.7. The molecule has 2 atom stereocenters. The highest BCUT2D eigenvalue weighted by Gasteiger charge is 2.59. The summed E-state index contributed by atoms with van der Waals surface area (Å²) in [6, 6.07) is 59.5. The van der Waals surface area contributed by atoms with Crippen molar-refractivity contribution in [2.75, 3.05) is 0 Å². The number of fused-ring (bicyclic) bond motifs is 12. The predicted molar refractivity (Wildman–Crippen MR) is 220 cm³/mol. The second-order valence-corrected chi connectivity index (χ2v) is 15.4. The average molecular weight is 679 g/mol. The van der Waals surface area contributed by atoms with Gasteiger partial charge in [0.1, 0.15) is 0 Å². The zero-order chi connectivity index (χ0) is 34.6. The van der Waals surface area contributed by atoms with Crippen molar-refractivity contribution in [2.24, 2.45) is 0 Å². The van der Waals surface area contributed by atoms with Crippen molar-refractivity contribution in [1.82, 2.24) is 0 Å². The molecule has 11 rings (SSSR count). The van der Waals surface area contributed by atoms with E-state index in [4.69, 9.17) is 0 Å². The zero-order valence-electron chi connectivity index (χ0n) is 28.9. The lowest BCUT2D eigenvalue weighted by atomic mass is 9.53. The Morgan fingerprint density at radius 2 is 1.15 bits per heavy atom. The summed E-state index contributed by atoms with van der Waals surface area (Å²) in [5.74, 6) is 0. The number of benzene rings is 7. The molecule has 1 heterocycles. The molecule has 244 valence electrons. The van der Waals surface area contributed by atoms with Gasteiger partial charge >= 0.3 is 0 Å². The largest absolute Gasteiger partial charge is 0.135 e. The quantitative estimate of drug-likeness (QED) is 0.163. The molecule has 0 saturated heterocycles. The summed E-state index contributed by atoms with van der Waals surface area (Å²) in [6.07, 6.45) is 6.43. The van der Waals surface area contributed by atoms with Gasteiger partial charge in [-0.05, 0) is 103 Å². The van der Waals surface area contributed by atoms with Crippen LogP contribution in [-0.2, 0) is 10.8 Å². The fraction of sp³-hybridized carbons (Fsp3) is 0.0588. The van der Waals surface area contributed by atoms with Gasteiger partial charge in [0.15, 0.2) is 0 Å². The molecule has 1 heteroatoms. The molecule has 0 nitrogen and oxygen atoms in total. The number of thiophene rings is 1. The van der Waals surface area contributed by atoms with Crippen molar-refractivity contribution < 1.29 is 0 Å². The Kier molecular flexibility index (Phi) is 6.13. The highest BCUT2D eigenvalue weighted by molar-refractivity contribution is 7.25. The van der Waals surface area contributed by atoms with Gasteiger partial charge in [-0.3, -0.25) is 0 Å². The first-order chi connectivity index (χ1) is 25.7. The summed E-state index contributed by atoms with van der Waals surface area (Å²) in [6.45, 7) is 6.56. The summed E-state index contributed by atoms with van der Waals surface area (Å²) in [5, 5.41) is 2.66. The smallest absolute Gasteiger partial charge is 0.0716 e. The number of hydrogen-bond donors (Lipinski definition) is 0. The lowest BCUT2D eigenvalue weighted by Gasteiger charge is -2.48. The maximum Gasteiger partial charge on any atom is 0.0716 e. The summed E-state index contributed by atoms with van der Waals surface area (Å²) in [4.78, 5) is 0. The molecule has 3 aliphatic carbocycles. The van der Waals surface area contributed by atoms with E-state index in [1.165, 1.54) is 98.1 Å². The molecule has 2 unspecified atom stereocenters. The van der Waals surface area contributed by atoms with E-state index in [0.29, 0.717) is 0 Å². The molecule has 0 saturated carbocycles. The number of hydrogen-bond acceptors (Lipinski definition) is 1. The maximum atomic E-state index is 4.15. The van der Waals surface area contributed by atoms with Gasteiger partial charge in [-0.15, -0.1) is 11.3 Å². The molecule has 0 aliphatic heterocycles. The van der Waals surface area contributed by atoms with Crippen LogP contribution < -0.4 is 0 Å². The monoisotopic (exact) mass is 678 g/mol. The van der Waals surface area contributed by atoms with Crippen LogP contribution in [0.2, 0.25) is 0 Å². The minimum absolute atomic E-state index is 0.473. The Balaban J connectivity index is 1.29. The zero-order valence-corrected chi connectivity index (χ0v) is 29.7. The van der Waals surface area contributed by atoms with Crippen LogP contribution >= 0.6 is 11.3 Å². The number of allylic oxidation sites excluding steroid dienone is 5. The molecule has 0 N–H and O–H groups in total. The third-order valence-corrected chi connectivity index (χ3v) is 13.3. The fourth-order valence-corrected chi connectivity index (χ4v) is 11.4. The first-order valence-corrected chi connectivity index (χ1v) is 19.0. The third kappa shape index (κ3) is 3.52. The average Bonchev–Trinajstić information content (AvgIpc) is 3.83. The van der Waals surface area contributed by atoms with Crippen molar-refractivity contribution in [3.63, 3.8) is 0 Å². The Labute approximate surface area is 308 Å². The molecule has 7 aromatic carbocycles. The standard InChI is InChI=1S/C51H34S/c1-3-4-23-41-32(2)50(45-27-15-22-38-36-18-8-11-24-42(36)51(41,49(38)45)34-16-6-5-7-17-34)43-25-12-9-20-39(43)48-35(21-14-26-44(48)50)33-29-30-47-40(31-33)37-19-10-13-28-46(37)52-47/h3-31H,1H2,2H3/b23-4-. The first kappa shape index (κ1) is 29.7. The van der Waals surface area contributed by atoms with Gasteiger partial charge in [-0.1, -0.05) is 164 Å². The summed E-state index contributed by atoms with van der Waals surface area (Å²) < 4.78 is 2.66. The minimum atomic E-state index is -0.492. The molecular formula is C51H34S. The topological polar surface area (TPSA) is 0 Å². The Morgan fingerprint density at radius 3 is 1.98 bits per heavy atom. The lowest BCUT2D eigenvalue weighted by molar-refractivity contribution is 0.626. The fourth-order valence-electron chi connectivity index (χ4n) is 10.4.